The van der Waals surface area contributed by atoms with Gasteiger partial charge < -0.3 is 18.8 Å². The van der Waals surface area contributed by atoms with Gasteiger partial charge in [-0.05, 0) is 45.4 Å². The number of nitrogens with zero attached hydrogens (tertiary/aromatic N) is 1. The average molecular weight is 348 g/mol. The number of methoxy groups -OCH3 is 1. The molecule has 1 saturated heterocycles. The predicted molar refractivity (Wildman–Crippen MR) is 99.0 cm³/mol. The molecule has 1 rings (SSSR count). The van der Waals surface area contributed by atoms with Crippen molar-refractivity contribution in [3.8, 4) is 0 Å². The molecular formula is C16H37NO3Si2. The van der Waals surface area contributed by atoms with Crippen molar-refractivity contribution >= 4 is 17.1 Å². The fraction of sp³-hybridized carbons (Fsp3) is 1.00. The van der Waals surface area contributed by atoms with E-state index in [2.05, 4.69) is 38.0 Å². The molecule has 0 aliphatic carbocycles. The van der Waals surface area contributed by atoms with Gasteiger partial charge in [0.15, 0.2) is 8.32 Å². The summed E-state index contributed by atoms with van der Waals surface area (Å²) in [6.45, 7) is 16.3. The highest BCUT2D eigenvalue weighted by atomic mass is 28.4. The minimum atomic E-state index is -1.52. The lowest BCUT2D eigenvalue weighted by atomic mass is 10.2. The predicted octanol–water partition coefficient (Wildman–Crippen LogP) is 2.75. The summed E-state index contributed by atoms with van der Waals surface area (Å²) in [4.78, 5) is 2.68. The van der Waals surface area contributed by atoms with E-state index in [0.29, 0.717) is 12.3 Å². The largest absolute Gasteiger partial charge is 0.411 e. The average Bonchev–Trinajstić information content (AvgIpc) is 2.40. The zero-order chi connectivity index (χ0) is 16.6. The van der Waals surface area contributed by atoms with Gasteiger partial charge in [-0.25, -0.2) is 0 Å². The molecule has 0 aromatic heterocycles. The normalized spacial score (nSPS) is 25.0. The first-order chi connectivity index (χ1) is 10.4. The summed E-state index contributed by atoms with van der Waals surface area (Å²) in [6, 6.07) is 1.25. The summed E-state index contributed by atoms with van der Waals surface area (Å²) in [5, 5.41) is 0. The van der Waals surface area contributed by atoms with E-state index in [-0.39, 0.29) is 6.10 Å². The molecule has 6 heteroatoms. The molecule has 132 valence electrons. The van der Waals surface area contributed by atoms with E-state index in [9.17, 15) is 0 Å². The molecule has 0 aromatic carbocycles. The van der Waals surface area contributed by atoms with Gasteiger partial charge in [-0.2, -0.15) is 0 Å². The van der Waals surface area contributed by atoms with Crippen LogP contribution in [0.4, 0.5) is 0 Å². The van der Waals surface area contributed by atoms with Gasteiger partial charge in [0.05, 0.1) is 21.5 Å². The smallest absolute Gasteiger partial charge is 0.187 e. The summed E-state index contributed by atoms with van der Waals surface area (Å²) < 4.78 is 17.5. The molecule has 0 spiro atoms. The Morgan fingerprint density at radius 1 is 1.36 bits per heavy atom. The summed E-state index contributed by atoms with van der Waals surface area (Å²) in [6.07, 6.45) is 2.66. The van der Waals surface area contributed by atoms with Crippen molar-refractivity contribution in [2.45, 2.75) is 63.8 Å². The highest BCUT2D eigenvalue weighted by Crippen LogP contribution is 2.23. The van der Waals surface area contributed by atoms with Gasteiger partial charge in [-0.15, -0.1) is 0 Å². The molecular weight excluding hydrogens is 310 g/mol. The van der Waals surface area contributed by atoms with Crippen LogP contribution in [-0.2, 0) is 13.9 Å². The highest BCUT2D eigenvalue weighted by Gasteiger charge is 2.33. The number of hydrogen-bond donors (Lipinski definition) is 0. The van der Waals surface area contributed by atoms with Crippen LogP contribution in [0.5, 0.6) is 0 Å². The molecule has 0 saturated carbocycles. The monoisotopic (exact) mass is 347 g/mol. The zero-order valence-corrected chi connectivity index (χ0v) is 17.7. The molecule has 2 atom stereocenters. The van der Waals surface area contributed by atoms with Gasteiger partial charge >= 0.3 is 0 Å². The van der Waals surface area contributed by atoms with Crippen molar-refractivity contribution in [1.29, 1.82) is 0 Å². The number of ether oxygens (including phenoxy) is 2. The fourth-order valence-corrected chi connectivity index (χ4v) is 7.56. The summed E-state index contributed by atoms with van der Waals surface area (Å²) in [7, 11) is -0.489. The van der Waals surface area contributed by atoms with Gasteiger partial charge in [-0.1, -0.05) is 13.1 Å². The second kappa shape index (κ2) is 10.2. The molecule has 22 heavy (non-hydrogen) atoms. The van der Waals surface area contributed by atoms with Crippen molar-refractivity contribution in [3.05, 3.63) is 0 Å². The lowest BCUT2D eigenvalue weighted by Crippen LogP contribution is -2.53. The van der Waals surface area contributed by atoms with E-state index in [1.54, 1.807) is 7.11 Å². The Hall–Kier alpha value is 0.274. The zero-order valence-electron chi connectivity index (χ0n) is 15.6. The van der Waals surface area contributed by atoms with Crippen molar-refractivity contribution in [2.75, 3.05) is 40.0 Å². The van der Waals surface area contributed by atoms with Crippen LogP contribution >= 0.6 is 0 Å². The Kier molecular flexibility index (Phi) is 9.42. The summed E-state index contributed by atoms with van der Waals surface area (Å²) >= 11 is 0. The minimum Gasteiger partial charge on any atom is -0.411 e. The lowest BCUT2D eigenvalue weighted by molar-refractivity contribution is 0.0335. The van der Waals surface area contributed by atoms with Crippen LogP contribution in [0.15, 0.2) is 0 Å². The maximum Gasteiger partial charge on any atom is 0.187 e. The molecule has 4 nitrogen and oxygen atoms in total. The van der Waals surface area contributed by atoms with Crippen molar-refractivity contribution in [2.24, 2.45) is 0 Å². The SMILES string of the molecule is CCOCCC(N1CCC[Si](C)(C)OC(COC)C1)[SiH](C)C. The maximum atomic E-state index is 6.46. The molecule has 0 radical (unpaired) electrons. The first-order valence-corrected chi connectivity index (χ1v) is 15.0. The van der Waals surface area contributed by atoms with E-state index in [4.69, 9.17) is 13.9 Å². The molecule has 1 aliphatic heterocycles. The Morgan fingerprint density at radius 3 is 2.68 bits per heavy atom. The van der Waals surface area contributed by atoms with Gasteiger partial charge in [0.1, 0.15) is 0 Å². The third-order valence-electron chi connectivity index (χ3n) is 4.50. The maximum absolute atomic E-state index is 6.46. The second-order valence-corrected chi connectivity index (χ2v) is 14.9. The quantitative estimate of drug-likeness (QED) is 0.499. The molecule has 0 bridgehead atoms. The standard InChI is InChI=1S/C16H37NO3Si2/c1-7-19-11-9-16(21(3)4)17-10-8-12-22(5,6)20-15(13-17)14-18-2/h15-16,21H,7-14H2,1-6H3. The summed E-state index contributed by atoms with van der Waals surface area (Å²) in [5.74, 6) is 0. The third-order valence-corrected chi connectivity index (χ3v) is 9.32. The van der Waals surface area contributed by atoms with Crippen molar-refractivity contribution in [3.63, 3.8) is 0 Å². The van der Waals surface area contributed by atoms with E-state index < -0.39 is 17.1 Å². The highest BCUT2D eigenvalue weighted by molar-refractivity contribution is 6.71. The first kappa shape index (κ1) is 20.3. The van der Waals surface area contributed by atoms with Gasteiger partial charge in [-0.3, -0.25) is 0 Å². The Balaban J connectivity index is 2.71. The Bertz CT molecular complexity index is 303. The number of hydrogen-bond acceptors (Lipinski definition) is 4. The third kappa shape index (κ3) is 7.23. The van der Waals surface area contributed by atoms with Crippen LogP contribution < -0.4 is 0 Å². The van der Waals surface area contributed by atoms with E-state index in [1.807, 2.05) is 0 Å². The topological polar surface area (TPSA) is 30.9 Å². The molecule has 0 aromatic rings. The fourth-order valence-electron chi connectivity index (χ4n) is 3.47. The lowest BCUT2D eigenvalue weighted by Gasteiger charge is -2.41. The molecule has 1 heterocycles. The molecule has 2 unspecified atom stereocenters. The van der Waals surface area contributed by atoms with Gasteiger partial charge in [0, 0.05) is 32.5 Å². The van der Waals surface area contributed by atoms with E-state index >= 15 is 0 Å². The van der Waals surface area contributed by atoms with Crippen molar-refractivity contribution in [1.82, 2.24) is 4.90 Å². The first-order valence-electron chi connectivity index (χ1n) is 8.88. The minimum absolute atomic E-state index is 0.231. The van der Waals surface area contributed by atoms with E-state index in [0.717, 1.165) is 26.2 Å². The van der Waals surface area contributed by atoms with Crippen LogP contribution in [-0.4, -0.2) is 73.8 Å². The molecule has 0 N–H and O–H groups in total. The molecule has 1 aliphatic rings. The van der Waals surface area contributed by atoms with Crippen LogP contribution in [0.3, 0.4) is 0 Å². The van der Waals surface area contributed by atoms with Crippen LogP contribution in [0.25, 0.3) is 0 Å². The molecule has 1 fully saturated rings. The Morgan fingerprint density at radius 2 is 2.09 bits per heavy atom. The van der Waals surface area contributed by atoms with E-state index in [1.165, 1.54) is 19.0 Å². The van der Waals surface area contributed by atoms with Gasteiger partial charge in [0.25, 0.3) is 0 Å². The molecule has 0 amide bonds. The van der Waals surface area contributed by atoms with Crippen LogP contribution in [0.1, 0.15) is 19.8 Å². The number of rotatable bonds is 8. The second-order valence-electron chi connectivity index (χ2n) is 7.35. The van der Waals surface area contributed by atoms with Gasteiger partial charge in [0.2, 0.25) is 0 Å². The summed E-state index contributed by atoms with van der Waals surface area (Å²) in [5.41, 5.74) is 0.706. The van der Waals surface area contributed by atoms with Crippen molar-refractivity contribution < 1.29 is 13.9 Å². The van der Waals surface area contributed by atoms with Crippen LogP contribution in [0, 0.1) is 0 Å². The Labute approximate surface area is 140 Å². The van der Waals surface area contributed by atoms with Crippen LogP contribution in [0.2, 0.25) is 32.2 Å².